The standard InChI is InChI=1S/C12H16FNO2S/c13-10-3-1-2-9-11(4-5-17-12(9)10)14-6-8(16)7-15/h1-3,8,11,14-16H,4-7H2. The smallest absolute Gasteiger partial charge is 0.137 e. The van der Waals surface area contributed by atoms with Crippen LogP contribution in [0.25, 0.3) is 0 Å². The molecule has 1 heterocycles. The monoisotopic (exact) mass is 257 g/mol. The second-order valence-electron chi connectivity index (χ2n) is 4.09. The number of thioether (sulfide) groups is 1. The van der Waals surface area contributed by atoms with Gasteiger partial charge in [-0.1, -0.05) is 12.1 Å². The molecule has 0 bridgehead atoms. The molecule has 0 aromatic heterocycles. The minimum Gasteiger partial charge on any atom is -0.394 e. The Kier molecular flexibility index (Phi) is 4.39. The Morgan fingerprint density at radius 2 is 2.35 bits per heavy atom. The maximum atomic E-state index is 13.6. The fourth-order valence-corrected chi connectivity index (χ4v) is 3.08. The third-order valence-electron chi connectivity index (χ3n) is 2.84. The van der Waals surface area contributed by atoms with Crippen molar-refractivity contribution in [2.45, 2.75) is 23.5 Å². The predicted molar refractivity (Wildman–Crippen MR) is 65.6 cm³/mol. The van der Waals surface area contributed by atoms with Crippen molar-refractivity contribution in [1.82, 2.24) is 5.32 Å². The van der Waals surface area contributed by atoms with Gasteiger partial charge in [-0.2, -0.15) is 0 Å². The lowest BCUT2D eigenvalue weighted by molar-refractivity contribution is 0.0916. The summed E-state index contributed by atoms with van der Waals surface area (Å²) in [5.74, 6) is 0.683. The highest BCUT2D eigenvalue weighted by Gasteiger charge is 2.23. The van der Waals surface area contributed by atoms with E-state index in [4.69, 9.17) is 5.11 Å². The zero-order chi connectivity index (χ0) is 12.3. The van der Waals surface area contributed by atoms with Gasteiger partial charge in [0.05, 0.1) is 12.7 Å². The van der Waals surface area contributed by atoms with Crippen LogP contribution < -0.4 is 5.32 Å². The number of halogens is 1. The van der Waals surface area contributed by atoms with Crippen LogP contribution in [0.5, 0.6) is 0 Å². The third kappa shape index (κ3) is 2.98. The van der Waals surface area contributed by atoms with E-state index < -0.39 is 6.10 Å². The maximum Gasteiger partial charge on any atom is 0.137 e. The lowest BCUT2D eigenvalue weighted by Gasteiger charge is -2.27. The van der Waals surface area contributed by atoms with E-state index in [0.717, 1.165) is 17.7 Å². The topological polar surface area (TPSA) is 52.5 Å². The van der Waals surface area contributed by atoms with Crippen LogP contribution >= 0.6 is 11.8 Å². The summed E-state index contributed by atoms with van der Waals surface area (Å²) in [4.78, 5) is 0.703. The number of hydrogen-bond acceptors (Lipinski definition) is 4. The van der Waals surface area contributed by atoms with Gasteiger partial charge in [0.25, 0.3) is 0 Å². The summed E-state index contributed by atoms with van der Waals surface area (Å²) in [5, 5.41) is 21.2. The fourth-order valence-electron chi connectivity index (χ4n) is 1.94. The first-order valence-electron chi connectivity index (χ1n) is 5.66. The molecule has 0 radical (unpaired) electrons. The van der Waals surface area contributed by atoms with Gasteiger partial charge < -0.3 is 15.5 Å². The summed E-state index contributed by atoms with van der Waals surface area (Å²) in [6.45, 7) is 0.0618. The molecule has 94 valence electrons. The van der Waals surface area contributed by atoms with E-state index in [-0.39, 0.29) is 18.5 Å². The first kappa shape index (κ1) is 12.8. The van der Waals surface area contributed by atoms with Crippen molar-refractivity contribution >= 4 is 11.8 Å². The quantitative estimate of drug-likeness (QED) is 0.761. The predicted octanol–water partition coefficient (Wildman–Crippen LogP) is 1.31. The number of nitrogens with one attached hydrogen (secondary N) is 1. The van der Waals surface area contributed by atoms with Crippen molar-refractivity contribution in [2.24, 2.45) is 0 Å². The molecule has 0 saturated heterocycles. The Bertz CT molecular complexity index is 389. The zero-order valence-electron chi connectivity index (χ0n) is 9.40. The molecule has 17 heavy (non-hydrogen) atoms. The molecule has 0 fully saturated rings. The van der Waals surface area contributed by atoms with Gasteiger partial charge in [0.15, 0.2) is 0 Å². The summed E-state index contributed by atoms with van der Waals surface area (Å²) in [5.41, 5.74) is 0.950. The molecule has 2 unspecified atom stereocenters. The van der Waals surface area contributed by atoms with E-state index in [2.05, 4.69) is 5.32 Å². The van der Waals surface area contributed by atoms with Crippen LogP contribution in [0.2, 0.25) is 0 Å². The second kappa shape index (κ2) is 5.82. The van der Waals surface area contributed by atoms with Crippen molar-refractivity contribution in [3.05, 3.63) is 29.6 Å². The summed E-state index contributed by atoms with van der Waals surface area (Å²) >= 11 is 1.53. The Morgan fingerprint density at radius 1 is 1.53 bits per heavy atom. The van der Waals surface area contributed by atoms with E-state index in [1.807, 2.05) is 6.07 Å². The van der Waals surface area contributed by atoms with Crippen molar-refractivity contribution in [1.29, 1.82) is 0 Å². The zero-order valence-corrected chi connectivity index (χ0v) is 10.2. The number of rotatable bonds is 4. The summed E-state index contributed by atoms with van der Waals surface area (Å²) in [6, 6.07) is 5.14. The first-order chi connectivity index (χ1) is 8.22. The normalized spacial score (nSPS) is 21.0. The molecule has 1 aromatic carbocycles. The minimum absolute atomic E-state index is 0.0585. The van der Waals surface area contributed by atoms with E-state index in [1.54, 1.807) is 6.07 Å². The largest absolute Gasteiger partial charge is 0.394 e. The lowest BCUT2D eigenvalue weighted by atomic mass is 10.0. The number of aliphatic hydroxyl groups is 2. The van der Waals surface area contributed by atoms with Gasteiger partial charge >= 0.3 is 0 Å². The molecular formula is C12H16FNO2S. The fraction of sp³-hybridized carbons (Fsp3) is 0.500. The van der Waals surface area contributed by atoms with Crippen LogP contribution in [0.1, 0.15) is 18.0 Å². The van der Waals surface area contributed by atoms with Gasteiger partial charge in [-0.3, -0.25) is 0 Å². The van der Waals surface area contributed by atoms with Crippen LogP contribution in [0.4, 0.5) is 4.39 Å². The molecule has 0 saturated carbocycles. The molecule has 1 aliphatic heterocycles. The van der Waals surface area contributed by atoms with Gasteiger partial charge in [0, 0.05) is 17.5 Å². The Morgan fingerprint density at radius 3 is 3.12 bits per heavy atom. The van der Waals surface area contributed by atoms with Crippen molar-refractivity contribution in [3.8, 4) is 0 Å². The molecule has 2 rings (SSSR count). The molecule has 2 atom stereocenters. The Hall–Kier alpha value is -0.620. The third-order valence-corrected chi connectivity index (χ3v) is 4.00. The van der Waals surface area contributed by atoms with E-state index in [1.165, 1.54) is 17.8 Å². The van der Waals surface area contributed by atoms with Crippen LogP contribution in [-0.2, 0) is 0 Å². The van der Waals surface area contributed by atoms with Gasteiger partial charge in [0.1, 0.15) is 5.82 Å². The number of fused-ring (bicyclic) bond motifs is 1. The molecular weight excluding hydrogens is 241 g/mol. The molecule has 1 aromatic rings. The first-order valence-corrected chi connectivity index (χ1v) is 6.64. The molecule has 3 N–H and O–H groups in total. The van der Waals surface area contributed by atoms with Crippen molar-refractivity contribution in [3.63, 3.8) is 0 Å². The molecule has 1 aliphatic rings. The van der Waals surface area contributed by atoms with E-state index in [0.29, 0.717) is 11.4 Å². The SMILES string of the molecule is OCC(O)CNC1CCSc2c(F)cccc21. The molecule has 0 aliphatic carbocycles. The van der Waals surface area contributed by atoms with Crippen LogP contribution in [0.15, 0.2) is 23.1 Å². The Labute approximate surface area is 104 Å². The molecule has 3 nitrogen and oxygen atoms in total. The second-order valence-corrected chi connectivity index (χ2v) is 5.20. The highest BCUT2D eigenvalue weighted by Crippen LogP contribution is 2.37. The Balaban J connectivity index is 2.09. The average Bonchev–Trinajstić information content (AvgIpc) is 2.36. The summed E-state index contributed by atoms with van der Waals surface area (Å²) in [7, 11) is 0. The van der Waals surface area contributed by atoms with Crippen molar-refractivity contribution in [2.75, 3.05) is 18.9 Å². The summed E-state index contributed by atoms with van der Waals surface area (Å²) < 4.78 is 13.6. The molecule has 0 spiro atoms. The van der Waals surface area contributed by atoms with Gasteiger partial charge in [-0.05, 0) is 23.8 Å². The van der Waals surface area contributed by atoms with Crippen LogP contribution in [0.3, 0.4) is 0 Å². The highest BCUT2D eigenvalue weighted by molar-refractivity contribution is 7.99. The van der Waals surface area contributed by atoms with E-state index >= 15 is 0 Å². The lowest BCUT2D eigenvalue weighted by Crippen LogP contribution is -2.33. The minimum atomic E-state index is -0.762. The van der Waals surface area contributed by atoms with Gasteiger partial charge in [-0.25, -0.2) is 4.39 Å². The molecule has 5 heteroatoms. The van der Waals surface area contributed by atoms with Crippen LogP contribution in [-0.4, -0.2) is 35.2 Å². The van der Waals surface area contributed by atoms with E-state index in [9.17, 15) is 9.50 Å². The molecule has 0 amide bonds. The number of benzene rings is 1. The number of aliphatic hydroxyl groups excluding tert-OH is 2. The average molecular weight is 257 g/mol. The summed E-state index contributed by atoms with van der Waals surface area (Å²) in [6.07, 6.45) is 0.140. The maximum absolute atomic E-state index is 13.6. The van der Waals surface area contributed by atoms with Gasteiger partial charge in [-0.15, -0.1) is 11.8 Å². The number of hydrogen-bond donors (Lipinski definition) is 3. The van der Waals surface area contributed by atoms with Crippen molar-refractivity contribution < 1.29 is 14.6 Å². The van der Waals surface area contributed by atoms with Gasteiger partial charge in [0.2, 0.25) is 0 Å². The highest BCUT2D eigenvalue weighted by atomic mass is 32.2. The van der Waals surface area contributed by atoms with Crippen LogP contribution in [0, 0.1) is 5.82 Å².